The minimum atomic E-state index is 0.0120. The van der Waals surface area contributed by atoms with Crippen LogP contribution in [0.25, 0.3) is 0 Å². The lowest BCUT2D eigenvalue weighted by Crippen LogP contribution is -2.27. The molecule has 1 aromatic heterocycles. The molecule has 110 valence electrons. The van der Waals surface area contributed by atoms with E-state index in [-0.39, 0.29) is 11.3 Å². The van der Waals surface area contributed by atoms with Crippen molar-refractivity contribution in [3.63, 3.8) is 0 Å². The summed E-state index contributed by atoms with van der Waals surface area (Å²) in [6.45, 7) is 2.41. The average Bonchev–Trinajstić information content (AvgIpc) is 3.06. The molecule has 5 heteroatoms. The zero-order chi connectivity index (χ0) is 14.8. The molecule has 2 heterocycles. The first-order chi connectivity index (χ1) is 10.2. The second kappa shape index (κ2) is 5.85. The van der Waals surface area contributed by atoms with E-state index in [4.69, 9.17) is 9.15 Å². The van der Waals surface area contributed by atoms with E-state index in [0.717, 1.165) is 22.8 Å². The van der Waals surface area contributed by atoms with Gasteiger partial charge in [0.25, 0.3) is 0 Å². The number of rotatable bonds is 4. The summed E-state index contributed by atoms with van der Waals surface area (Å²) in [7, 11) is 1.65. The lowest BCUT2D eigenvalue weighted by molar-refractivity contribution is -0.128. The van der Waals surface area contributed by atoms with E-state index in [1.54, 1.807) is 18.9 Å². The van der Waals surface area contributed by atoms with E-state index in [1.165, 1.54) is 0 Å². The minimum absolute atomic E-state index is 0.0120. The summed E-state index contributed by atoms with van der Waals surface area (Å²) in [5, 5.41) is 0.0120. The van der Waals surface area contributed by atoms with Gasteiger partial charge in [0, 0.05) is 0 Å². The molecule has 0 radical (unpaired) electrons. The molecule has 1 unspecified atom stereocenters. The largest absolute Gasteiger partial charge is 0.497 e. The molecule has 1 aliphatic heterocycles. The number of carbonyl (C=O) groups is 1. The number of amides is 1. The number of carbonyl (C=O) groups excluding carboxylic acids is 1. The summed E-state index contributed by atoms with van der Waals surface area (Å²) in [5.41, 5.74) is 1.08. The zero-order valence-electron chi connectivity index (χ0n) is 12.0. The van der Waals surface area contributed by atoms with Gasteiger partial charge in [-0.25, -0.2) is 0 Å². The lowest BCUT2D eigenvalue weighted by atomic mass is 10.2. The van der Waals surface area contributed by atoms with Crippen molar-refractivity contribution in [2.75, 3.05) is 12.9 Å². The van der Waals surface area contributed by atoms with Crippen molar-refractivity contribution in [2.24, 2.45) is 0 Å². The Bertz CT molecular complexity index is 652. The van der Waals surface area contributed by atoms with Gasteiger partial charge in [-0.1, -0.05) is 12.1 Å². The summed E-state index contributed by atoms with van der Waals surface area (Å²) >= 11 is 1.64. The Labute approximate surface area is 128 Å². The molecule has 0 spiro atoms. The molecule has 1 aliphatic rings. The van der Waals surface area contributed by atoms with E-state index in [0.29, 0.717) is 12.3 Å². The van der Waals surface area contributed by atoms with Gasteiger partial charge in [-0.15, -0.1) is 11.8 Å². The standard InChI is InChI=1S/C16H17NO3S/c1-11-6-7-14(20-11)9-17-15(18)10-21-16(17)12-4-3-5-13(8-12)19-2/h3-8,16H,9-10H2,1-2H3. The van der Waals surface area contributed by atoms with Gasteiger partial charge in [-0.05, 0) is 36.8 Å². The summed E-state index contributed by atoms with van der Waals surface area (Å²) in [6.07, 6.45) is 0. The van der Waals surface area contributed by atoms with Crippen LogP contribution in [0.3, 0.4) is 0 Å². The average molecular weight is 303 g/mol. The van der Waals surface area contributed by atoms with Crippen molar-refractivity contribution in [1.29, 1.82) is 0 Å². The van der Waals surface area contributed by atoms with Crippen LogP contribution >= 0.6 is 11.8 Å². The van der Waals surface area contributed by atoms with Crippen LogP contribution in [0, 0.1) is 6.92 Å². The van der Waals surface area contributed by atoms with Crippen molar-refractivity contribution >= 4 is 17.7 Å². The van der Waals surface area contributed by atoms with Crippen LogP contribution in [0.2, 0.25) is 0 Å². The van der Waals surface area contributed by atoms with Crippen LogP contribution in [0.4, 0.5) is 0 Å². The molecule has 4 nitrogen and oxygen atoms in total. The number of benzene rings is 1. The zero-order valence-corrected chi connectivity index (χ0v) is 12.9. The van der Waals surface area contributed by atoms with E-state index >= 15 is 0 Å². The van der Waals surface area contributed by atoms with Gasteiger partial charge < -0.3 is 14.1 Å². The quantitative estimate of drug-likeness (QED) is 0.868. The van der Waals surface area contributed by atoms with Crippen molar-refractivity contribution in [1.82, 2.24) is 4.90 Å². The molecule has 0 aliphatic carbocycles. The Balaban J connectivity index is 1.84. The van der Waals surface area contributed by atoms with Crippen LogP contribution < -0.4 is 4.74 Å². The van der Waals surface area contributed by atoms with E-state index < -0.39 is 0 Å². The first-order valence-electron chi connectivity index (χ1n) is 6.77. The number of furan rings is 1. The van der Waals surface area contributed by atoms with Crippen LogP contribution in [0.15, 0.2) is 40.8 Å². The molecule has 1 amide bonds. The van der Waals surface area contributed by atoms with Crippen LogP contribution in [0.5, 0.6) is 5.75 Å². The van der Waals surface area contributed by atoms with Gasteiger partial charge in [-0.2, -0.15) is 0 Å². The minimum Gasteiger partial charge on any atom is -0.497 e. The molecular weight excluding hydrogens is 286 g/mol. The maximum absolute atomic E-state index is 12.2. The van der Waals surface area contributed by atoms with Crippen molar-refractivity contribution in [3.8, 4) is 5.75 Å². The third kappa shape index (κ3) is 2.93. The Morgan fingerprint density at radius 2 is 2.24 bits per heavy atom. The van der Waals surface area contributed by atoms with Crippen LogP contribution in [-0.2, 0) is 11.3 Å². The molecule has 1 saturated heterocycles. The van der Waals surface area contributed by atoms with Gasteiger partial charge in [-0.3, -0.25) is 4.79 Å². The normalized spacial score (nSPS) is 18.3. The molecule has 0 N–H and O–H groups in total. The molecule has 1 atom stereocenters. The first kappa shape index (κ1) is 14.1. The molecule has 21 heavy (non-hydrogen) atoms. The van der Waals surface area contributed by atoms with Crippen molar-refractivity contribution in [2.45, 2.75) is 18.8 Å². The molecule has 0 bridgehead atoms. The smallest absolute Gasteiger partial charge is 0.234 e. The first-order valence-corrected chi connectivity index (χ1v) is 7.82. The Kier molecular flexibility index (Phi) is 3.92. The Hall–Kier alpha value is -1.88. The summed E-state index contributed by atoms with van der Waals surface area (Å²) in [6, 6.07) is 11.7. The van der Waals surface area contributed by atoms with E-state index in [2.05, 4.69) is 0 Å². The predicted molar refractivity (Wildman–Crippen MR) is 82.2 cm³/mol. The number of nitrogens with zero attached hydrogens (tertiary/aromatic N) is 1. The summed E-state index contributed by atoms with van der Waals surface area (Å²) in [5.74, 6) is 3.13. The number of thioether (sulfide) groups is 1. The fraction of sp³-hybridized carbons (Fsp3) is 0.312. The highest BCUT2D eigenvalue weighted by Gasteiger charge is 2.33. The monoisotopic (exact) mass is 303 g/mol. The van der Waals surface area contributed by atoms with Gasteiger partial charge in [0.15, 0.2) is 0 Å². The molecule has 3 rings (SSSR count). The number of ether oxygens (including phenoxy) is 1. The van der Waals surface area contributed by atoms with E-state index in [1.807, 2.05) is 48.2 Å². The third-order valence-electron chi connectivity index (χ3n) is 3.47. The third-order valence-corrected chi connectivity index (χ3v) is 4.73. The highest BCUT2D eigenvalue weighted by atomic mass is 32.2. The highest BCUT2D eigenvalue weighted by Crippen LogP contribution is 2.40. The number of aryl methyl sites for hydroxylation is 1. The lowest BCUT2D eigenvalue weighted by Gasteiger charge is -2.23. The molecule has 0 saturated carbocycles. The number of hydrogen-bond donors (Lipinski definition) is 0. The molecule has 1 fully saturated rings. The number of methoxy groups -OCH3 is 1. The van der Waals surface area contributed by atoms with Crippen LogP contribution in [0.1, 0.15) is 22.5 Å². The topological polar surface area (TPSA) is 42.7 Å². The second-order valence-electron chi connectivity index (χ2n) is 4.97. The number of hydrogen-bond acceptors (Lipinski definition) is 4. The fourth-order valence-corrected chi connectivity index (χ4v) is 3.61. The SMILES string of the molecule is COc1cccc(C2SCC(=O)N2Cc2ccc(C)o2)c1. The predicted octanol–water partition coefficient (Wildman–Crippen LogP) is 3.37. The maximum atomic E-state index is 12.2. The highest BCUT2D eigenvalue weighted by molar-refractivity contribution is 8.00. The summed E-state index contributed by atoms with van der Waals surface area (Å²) < 4.78 is 10.9. The van der Waals surface area contributed by atoms with Crippen LogP contribution in [-0.4, -0.2) is 23.7 Å². The van der Waals surface area contributed by atoms with Crippen molar-refractivity contribution < 1.29 is 13.9 Å². The van der Waals surface area contributed by atoms with Gasteiger partial charge in [0.05, 0.1) is 19.4 Å². The molecular formula is C16H17NO3S. The maximum Gasteiger partial charge on any atom is 0.234 e. The molecule has 1 aromatic carbocycles. The Morgan fingerprint density at radius 1 is 1.38 bits per heavy atom. The summed E-state index contributed by atoms with van der Waals surface area (Å²) in [4.78, 5) is 14.0. The molecule has 2 aromatic rings. The fourth-order valence-electron chi connectivity index (χ4n) is 2.43. The van der Waals surface area contributed by atoms with E-state index in [9.17, 15) is 4.79 Å². The Morgan fingerprint density at radius 3 is 2.95 bits per heavy atom. The van der Waals surface area contributed by atoms with Gasteiger partial charge in [0.1, 0.15) is 22.6 Å². The van der Waals surface area contributed by atoms with Gasteiger partial charge in [0.2, 0.25) is 5.91 Å². The second-order valence-corrected chi connectivity index (χ2v) is 6.04. The van der Waals surface area contributed by atoms with Gasteiger partial charge >= 0.3 is 0 Å². The van der Waals surface area contributed by atoms with Crippen molar-refractivity contribution in [3.05, 3.63) is 53.5 Å².